The van der Waals surface area contributed by atoms with Gasteiger partial charge in [-0.25, -0.2) is 8.78 Å². The average Bonchev–Trinajstić information content (AvgIpc) is 2.26. The van der Waals surface area contributed by atoms with Crippen LogP contribution >= 0.6 is 15.9 Å². The third-order valence-electron chi connectivity index (χ3n) is 2.33. The number of aliphatic hydroxyl groups excluding tert-OH is 1. The van der Waals surface area contributed by atoms with Crippen LogP contribution in [0.3, 0.4) is 0 Å². The van der Waals surface area contributed by atoms with Gasteiger partial charge in [-0.2, -0.15) is 13.2 Å². The lowest BCUT2D eigenvalue weighted by Gasteiger charge is -2.27. The fourth-order valence-corrected chi connectivity index (χ4v) is 1.95. The van der Waals surface area contributed by atoms with Crippen molar-refractivity contribution in [2.75, 3.05) is 24.6 Å². The first kappa shape index (κ1) is 16.2. The highest BCUT2D eigenvalue weighted by Gasteiger charge is 2.35. The van der Waals surface area contributed by atoms with Crippen molar-refractivity contribution in [3.8, 4) is 0 Å². The van der Waals surface area contributed by atoms with Crippen molar-refractivity contribution in [3.63, 3.8) is 0 Å². The lowest BCUT2D eigenvalue weighted by Crippen LogP contribution is -2.33. The van der Waals surface area contributed by atoms with E-state index in [0.717, 1.165) is 17.0 Å². The van der Waals surface area contributed by atoms with E-state index >= 15 is 0 Å². The average molecular weight is 348 g/mol. The van der Waals surface area contributed by atoms with Crippen LogP contribution in [0.5, 0.6) is 0 Å². The van der Waals surface area contributed by atoms with Crippen molar-refractivity contribution >= 4 is 21.6 Å². The van der Waals surface area contributed by atoms with E-state index in [1.807, 2.05) is 0 Å². The first-order chi connectivity index (χ1) is 8.75. The molecule has 0 aromatic heterocycles. The molecule has 0 unspecified atom stereocenters. The summed E-state index contributed by atoms with van der Waals surface area (Å²) in [6.45, 7) is -1.69. The van der Waals surface area contributed by atoms with E-state index in [-0.39, 0.29) is 12.2 Å². The highest BCUT2D eigenvalue weighted by molar-refractivity contribution is 9.10. The van der Waals surface area contributed by atoms with Crippen LogP contribution in [0.4, 0.5) is 27.6 Å². The lowest BCUT2D eigenvalue weighted by molar-refractivity contribution is -0.137. The van der Waals surface area contributed by atoms with Gasteiger partial charge in [0.1, 0.15) is 0 Å². The summed E-state index contributed by atoms with van der Waals surface area (Å²) in [5.74, 6) is 0. The molecule has 1 aromatic carbocycles. The smallest absolute Gasteiger partial charge is 0.395 e. The van der Waals surface area contributed by atoms with Crippen LogP contribution in [0.25, 0.3) is 0 Å². The van der Waals surface area contributed by atoms with Crippen LogP contribution in [-0.2, 0) is 6.18 Å². The Bertz CT molecular complexity index is 424. The number of anilines is 1. The van der Waals surface area contributed by atoms with Crippen molar-refractivity contribution in [1.29, 1.82) is 0 Å². The highest BCUT2D eigenvalue weighted by atomic mass is 79.9. The highest BCUT2D eigenvalue weighted by Crippen LogP contribution is 2.38. The van der Waals surface area contributed by atoms with E-state index in [9.17, 15) is 22.0 Å². The van der Waals surface area contributed by atoms with Gasteiger partial charge in [-0.1, -0.05) is 15.9 Å². The van der Waals surface area contributed by atoms with E-state index < -0.39 is 31.3 Å². The van der Waals surface area contributed by atoms with E-state index in [0.29, 0.717) is 4.47 Å². The summed E-state index contributed by atoms with van der Waals surface area (Å²) in [4.78, 5) is 0.818. The number of hydrogen-bond donors (Lipinski definition) is 1. The summed E-state index contributed by atoms with van der Waals surface area (Å²) >= 11 is 3.00. The fourth-order valence-electron chi connectivity index (χ4n) is 1.60. The molecule has 0 saturated carbocycles. The predicted octanol–water partition coefficient (Wildman–Crippen LogP) is 3.53. The van der Waals surface area contributed by atoms with Crippen LogP contribution in [0.15, 0.2) is 22.7 Å². The van der Waals surface area contributed by atoms with Crippen molar-refractivity contribution in [1.82, 2.24) is 0 Å². The number of halogens is 6. The summed E-state index contributed by atoms with van der Waals surface area (Å²) in [6, 6.07) is 3.11. The maximum atomic E-state index is 12.8. The van der Waals surface area contributed by atoms with Crippen molar-refractivity contribution in [2.24, 2.45) is 0 Å². The van der Waals surface area contributed by atoms with Gasteiger partial charge in [0.05, 0.1) is 24.4 Å². The fraction of sp³-hybridized carbons (Fsp3) is 0.455. The number of nitrogens with zero attached hydrogens (tertiary/aromatic N) is 1. The number of hydrogen-bond acceptors (Lipinski definition) is 2. The molecule has 0 bridgehead atoms. The summed E-state index contributed by atoms with van der Waals surface area (Å²) in [5, 5.41) is 8.79. The SMILES string of the molecule is OCCN(CC(F)F)c1cc(Br)ccc1C(F)(F)F. The van der Waals surface area contributed by atoms with Gasteiger partial charge < -0.3 is 10.0 Å². The minimum atomic E-state index is -4.65. The Morgan fingerprint density at radius 2 is 1.89 bits per heavy atom. The Hall–Kier alpha value is -0.890. The summed E-state index contributed by atoms with van der Waals surface area (Å²) in [7, 11) is 0. The Kier molecular flexibility index (Phi) is 5.54. The van der Waals surface area contributed by atoms with Gasteiger partial charge in [0, 0.05) is 11.0 Å². The molecular weight excluding hydrogens is 337 g/mol. The standard InChI is InChI=1S/C11H11BrF5NO/c12-7-1-2-8(11(15,16)17)9(5-7)18(3-4-19)6-10(13)14/h1-2,5,10,19H,3-4,6H2. The second kappa shape index (κ2) is 6.51. The van der Waals surface area contributed by atoms with E-state index in [4.69, 9.17) is 5.11 Å². The molecule has 0 aliphatic carbocycles. The second-order valence-electron chi connectivity index (χ2n) is 3.72. The molecule has 0 amide bonds. The number of alkyl halides is 5. The Morgan fingerprint density at radius 1 is 1.26 bits per heavy atom. The zero-order valence-electron chi connectivity index (χ0n) is 9.59. The van der Waals surface area contributed by atoms with Gasteiger partial charge in [-0.05, 0) is 18.2 Å². The maximum absolute atomic E-state index is 12.8. The van der Waals surface area contributed by atoms with Gasteiger partial charge in [0.15, 0.2) is 0 Å². The first-order valence-electron chi connectivity index (χ1n) is 5.26. The van der Waals surface area contributed by atoms with Crippen LogP contribution < -0.4 is 4.90 Å². The summed E-state index contributed by atoms with van der Waals surface area (Å²) < 4.78 is 63.6. The lowest BCUT2D eigenvalue weighted by atomic mass is 10.1. The Labute approximate surface area is 115 Å². The molecule has 1 rings (SSSR count). The molecule has 1 aromatic rings. The molecular formula is C11H11BrF5NO. The first-order valence-corrected chi connectivity index (χ1v) is 6.05. The normalized spacial score (nSPS) is 12.0. The van der Waals surface area contributed by atoms with Crippen molar-refractivity contribution in [3.05, 3.63) is 28.2 Å². The number of rotatable bonds is 5. The van der Waals surface area contributed by atoms with Crippen molar-refractivity contribution < 1.29 is 27.1 Å². The Balaban J connectivity index is 3.23. The molecule has 19 heavy (non-hydrogen) atoms. The van der Waals surface area contributed by atoms with Gasteiger partial charge >= 0.3 is 6.18 Å². The molecule has 0 spiro atoms. The topological polar surface area (TPSA) is 23.5 Å². The molecule has 0 fully saturated rings. The van der Waals surface area contributed by atoms with E-state index in [2.05, 4.69) is 15.9 Å². The minimum absolute atomic E-state index is 0.302. The predicted molar refractivity (Wildman–Crippen MR) is 64.4 cm³/mol. The number of aliphatic hydroxyl groups is 1. The molecule has 0 aliphatic heterocycles. The van der Waals surface area contributed by atoms with Crippen LogP contribution in [0.2, 0.25) is 0 Å². The molecule has 0 aliphatic rings. The third-order valence-corrected chi connectivity index (χ3v) is 2.83. The zero-order valence-corrected chi connectivity index (χ0v) is 11.2. The summed E-state index contributed by atoms with van der Waals surface area (Å²) in [5.41, 5.74) is -1.39. The van der Waals surface area contributed by atoms with Gasteiger partial charge in [0.2, 0.25) is 0 Å². The van der Waals surface area contributed by atoms with E-state index in [1.54, 1.807) is 0 Å². The Morgan fingerprint density at radius 3 is 2.37 bits per heavy atom. The molecule has 108 valence electrons. The second-order valence-corrected chi connectivity index (χ2v) is 4.64. The maximum Gasteiger partial charge on any atom is 0.418 e. The van der Waals surface area contributed by atoms with Crippen LogP contribution in [-0.4, -0.2) is 31.2 Å². The molecule has 1 N–H and O–H groups in total. The molecule has 0 radical (unpaired) electrons. The van der Waals surface area contributed by atoms with Gasteiger partial charge in [-0.3, -0.25) is 0 Å². The summed E-state index contributed by atoms with van der Waals surface area (Å²) in [6.07, 6.45) is -7.45. The molecule has 0 atom stereocenters. The minimum Gasteiger partial charge on any atom is -0.395 e. The molecule has 0 saturated heterocycles. The third kappa shape index (κ3) is 4.61. The van der Waals surface area contributed by atoms with Crippen molar-refractivity contribution in [2.45, 2.75) is 12.6 Å². The van der Waals surface area contributed by atoms with Crippen LogP contribution in [0, 0.1) is 0 Å². The number of benzene rings is 1. The van der Waals surface area contributed by atoms with Gasteiger partial charge in [0.25, 0.3) is 6.43 Å². The quantitative estimate of drug-likeness (QED) is 0.823. The van der Waals surface area contributed by atoms with Crippen LogP contribution in [0.1, 0.15) is 5.56 Å². The monoisotopic (exact) mass is 347 g/mol. The van der Waals surface area contributed by atoms with E-state index in [1.165, 1.54) is 6.07 Å². The zero-order chi connectivity index (χ0) is 14.6. The molecule has 8 heteroatoms. The largest absolute Gasteiger partial charge is 0.418 e. The molecule has 0 heterocycles. The molecule has 2 nitrogen and oxygen atoms in total. The van der Waals surface area contributed by atoms with Gasteiger partial charge in [-0.15, -0.1) is 0 Å².